The minimum Gasteiger partial charge on any atom is -0.464 e. The van der Waals surface area contributed by atoms with E-state index < -0.39 is 5.91 Å². The van der Waals surface area contributed by atoms with Gasteiger partial charge in [0.25, 0.3) is 5.91 Å². The number of nitrogens with zero attached hydrogens (tertiary/aromatic N) is 3. The molecule has 94 valence electrons. The summed E-state index contributed by atoms with van der Waals surface area (Å²) in [6, 6.07) is 3.80. The van der Waals surface area contributed by atoms with Gasteiger partial charge in [-0.25, -0.2) is 4.98 Å². The quantitative estimate of drug-likeness (QED) is 0.873. The first-order valence-electron chi connectivity index (χ1n) is 5.44. The monoisotopic (exact) mass is 246 g/mol. The maximum absolute atomic E-state index is 11.0. The van der Waals surface area contributed by atoms with Gasteiger partial charge in [-0.05, 0) is 19.1 Å². The smallest absolute Gasteiger partial charge is 0.268 e. The van der Waals surface area contributed by atoms with Gasteiger partial charge in [0.15, 0.2) is 0 Å². The topological polar surface area (TPSA) is 85.3 Å². The van der Waals surface area contributed by atoms with Crippen LogP contribution in [0.5, 0.6) is 0 Å². The molecule has 0 aliphatic carbocycles. The fourth-order valence-corrected chi connectivity index (χ4v) is 1.54. The van der Waals surface area contributed by atoms with E-state index in [1.54, 1.807) is 6.20 Å². The Morgan fingerprint density at radius 3 is 2.83 bits per heavy atom. The second kappa shape index (κ2) is 4.87. The average molecular weight is 246 g/mol. The van der Waals surface area contributed by atoms with Gasteiger partial charge in [-0.1, -0.05) is 0 Å². The standard InChI is InChI=1S/C12H14N4O2/c1-8-3-4-9(18-8)7-16(2)11-6-14-5-10(15-11)12(13)17/h3-6H,7H2,1-2H3,(H2,13,17). The molecule has 0 aliphatic heterocycles. The van der Waals surface area contributed by atoms with E-state index in [0.29, 0.717) is 12.4 Å². The number of amides is 1. The molecule has 1 amide bonds. The van der Waals surface area contributed by atoms with Crippen molar-refractivity contribution in [1.29, 1.82) is 0 Å². The van der Waals surface area contributed by atoms with Crippen molar-refractivity contribution in [1.82, 2.24) is 9.97 Å². The van der Waals surface area contributed by atoms with E-state index in [1.807, 2.05) is 31.0 Å². The third-order valence-electron chi connectivity index (χ3n) is 2.45. The number of anilines is 1. The van der Waals surface area contributed by atoms with Crippen molar-refractivity contribution in [2.45, 2.75) is 13.5 Å². The van der Waals surface area contributed by atoms with Gasteiger partial charge in [-0.3, -0.25) is 9.78 Å². The van der Waals surface area contributed by atoms with E-state index in [1.165, 1.54) is 6.20 Å². The summed E-state index contributed by atoms with van der Waals surface area (Å²) in [6.45, 7) is 2.43. The van der Waals surface area contributed by atoms with Crippen molar-refractivity contribution in [3.8, 4) is 0 Å². The second-order valence-corrected chi connectivity index (χ2v) is 4.00. The lowest BCUT2D eigenvalue weighted by Gasteiger charge is -2.16. The SMILES string of the molecule is Cc1ccc(CN(C)c2cncc(C(N)=O)n2)o1. The van der Waals surface area contributed by atoms with Gasteiger partial charge in [0.1, 0.15) is 23.0 Å². The summed E-state index contributed by atoms with van der Waals surface area (Å²) in [7, 11) is 1.84. The lowest BCUT2D eigenvalue weighted by molar-refractivity contribution is 0.0995. The summed E-state index contributed by atoms with van der Waals surface area (Å²) in [4.78, 5) is 20.9. The highest BCUT2D eigenvalue weighted by Crippen LogP contribution is 2.13. The Kier molecular flexibility index (Phi) is 3.27. The molecular formula is C12H14N4O2. The fraction of sp³-hybridized carbons (Fsp3) is 0.250. The molecule has 2 heterocycles. The first-order valence-corrected chi connectivity index (χ1v) is 5.44. The number of hydrogen-bond donors (Lipinski definition) is 1. The lowest BCUT2D eigenvalue weighted by atomic mass is 10.4. The fourth-order valence-electron chi connectivity index (χ4n) is 1.54. The minimum atomic E-state index is -0.591. The zero-order chi connectivity index (χ0) is 13.1. The molecule has 0 aromatic carbocycles. The van der Waals surface area contributed by atoms with Crippen LogP contribution < -0.4 is 10.6 Å². The van der Waals surface area contributed by atoms with Crippen molar-refractivity contribution >= 4 is 11.7 Å². The molecule has 2 aromatic heterocycles. The summed E-state index contributed by atoms with van der Waals surface area (Å²) in [5, 5.41) is 0. The first kappa shape index (κ1) is 12.1. The summed E-state index contributed by atoms with van der Waals surface area (Å²) < 4.78 is 5.47. The average Bonchev–Trinajstić information content (AvgIpc) is 2.75. The third kappa shape index (κ3) is 2.65. The largest absolute Gasteiger partial charge is 0.464 e. The van der Waals surface area contributed by atoms with E-state index in [2.05, 4.69) is 9.97 Å². The summed E-state index contributed by atoms with van der Waals surface area (Å²) in [5.74, 6) is 1.66. The number of nitrogens with two attached hydrogens (primary N) is 1. The van der Waals surface area contributed by atoms with E-state index in [9.17, 15) is 4.79 Å². The lowest BCUT2D eigenvalue weighted by Crippen LogP contribution is -2.20. The molecule has 0 saturated heterocycles. The van der Waals surface area contributed by atoms with Crippen molar-refractivity contribution < 1.29 is 9.21 Å². The number of carbonyl (C=O) groups excluding carboxylic acids is 1. The van der Waals surface area contributed by atoms with E-state index >= 15 is 0 Å². The Balaban J connectivity index is 2.15. The molecule has 18 heavy (non-hydrogen) atoms. The second-order valence-electron chi connectivity index (χ2n) is 4.00. The molecule has 0 radical (unpaired) electrons. The van der Waals surface area contributed by atoms with Gasteiger partial charge in [0.05, 0.1) is 18.9 Å². The zero-order valence-electron chi connectivity index (χ0n) is 10.3. The molecule has 2 N–H and O–H groups in total. The van der Waals surface area contributed by atoms with Crippen LogP contribution in [0.3, 0.4) is 0 Å². The number of carbonyl (C=O) groups is 1. The van der Waals surface area contributed by atoms with Crippen molar-refractivity contribution in [2.24, 2.45) is 5.73 Å². The number of primary amides is 1. The van der Waals surface area contributed by atoms with Crippen LogP contribution in [0.4, 0.5) is 5.82 Å². The molecular weight excluding hydrogens is 232 g/mol. The highest BCUT2D eigenvalue weighted by molar-refractivity contribution is 5.90. The summed E-state index contributed by atoms with van der Waals surface area (Å²) >= 11 is 0. The Hall–Kier alpha value is -2.37. The number of furan rings is 1. The number of aryl methyl sites for hydroxylation is 1. The van der Waals surface area contributed by atoms with Gasteiger partial charge < -0.3 is 15.1 Å². The van der Waals surface area contributed by atoms with Gasteiger partial charge in [-0.2, -0.15) is 0 Å². The van der Waals surface area contributed by atoms with Gasteiger partial charge in [0, 0.05) is 7.05 Å². The van der Waals surface area contributed by atoms with Crippen molar-refractivity contribution in [3.05, 3.63) is 41.7 Å². The van der Waals surface area contributed by atoms with Crippen LogP contribution in [-0.4, -0.2) is 22.9 Å². The minimum absolute atomic E-state index is 0.148. The van der Waals surface area contributed by atoms with Crippen LogP contribution in [0.15, 0.2) is 28.9 Å². The molecule has 0 spiro atoms. The van der Waals surface area contributed by atoms with E-state index in [4.69, 9.17) is 10.2 Å². The van der Waals surface area contributed by atoms with Crippen LogP contribution in [0.2, 0.25) is 0 Å². The molecule has 0 fully saturated rings. The Labute approximate surface area is 104 Å². The van der Waals surface area contributed by atoms with E-state index in [-0.39, 0.29) is 5.69 Å². The highest BCUT2D eigenvalue weighted by Gasteiger charge is 2.09. The number of hydrogen-bond acceptors (Lipinski definition) is 5. The Morgan fingerprint density at radius 1 is 1.44 bits per heavy atom. The summed E-state index contributed by atoms with van der Waals surface area (Å²) in [6.07, 6.45) is 2.92. The molecule has 2 aromatic rings. The molecule has 6 nitrogen and oxygen atoms in total. The Bertz CT molecular complexity index is 565. The Morgan fingerprint density at radius 2 is 2.22 bits per heavy atom. The summed E-state index contributed by atoms with van der Waals surface area (Å²) in [5.41, 5.74) is 5.31. The maximum Gasteiger partial charge on any atom is 0.268 e. The zero-order valence-corrected chi connectivity index (χ0v) is 10.3. The van der Waals surface area contributed by atoms with Crippen molar-refractivity contribution in [3.63, 3.8) is 0 Å². The van der Waals surface area contributed by atoms with Crippen LogP contribution in [0.25, 0.3) is 0 Å². The van der Waals surface area contributed by atoms with Crippen LogP contribution in [0, 0.1) is 6.92 Å². The van der Waals surface area contributed by atoms with E-state index in [0.717, 1.165) is 11.5 Å². The van der Waals surface area contributed by atoms with Crippen molar-refractivity contribution in [2.75, 3.05) is 11.9 Å². The normalized spacial score (nSPS) is 10.3. The van der Waals surface area contributed by atoms with Crippen LogP contribution >= 0.6 is 0 Å². The number of aromatic nitrogens is 2. The predicted molar refractivity (Wildman–Crippen MR) is 66.1 cm³/mol. The van der Waals surface area contributed by atoms with Gasteiger partial charge in [0.2, 0.25) is 0 Å². The molecule has 2 rings (SSSR count). The molecule has 0 unspecified atom stereocenters. The molecule has 6 heteroatoms. The number of rotatable bonds is 4. The maximum atomic E-state index is 11.0. The molecule has 0 saturated carbocycles. The first-order chi connectivity index (χ1) is 8.56. The van der Waals surface area contributed by atoms with Crippen LogP contribution in [0.1, 0.15) is 22.0 Å². The predicted octanol–water partition coefficient (Wildman–Crippen LogP) is 1.11. The van der Waals surface area contributed by atoms with Crippen LogP contribution in [-0.2, 0) is 6.54 Å². The molecule has 0 aliphatic rings. The highest BCUT2D eigenvalue weighted by atomic mass is 16.3. The third-order valence-corrected chi connectivity index (χ3v) is 2.45. The van der Waals surface area contributed by atoms with Gasteiger partial charge in [-0.15, -0.1) is 0 Å². The van der Waals surface area contributed by atoms with Gasteiger partial charge >= 0.3 is 0 Å². The molecule has 0 bridgehead atoms. The molecule has 0 atom stereocenters.